The number of rotatable bonds is 3. The van der Waals surface area contributed by atoms with Gasteiger partial charge in [-0.2, -0.15) is 0 Å². The molecule has 2 aliphatic heterocycles. The van der Waals surface area contributed by atoms with Crippen LogP contribution in [0.1, 0.15) is 56.7 Å². The SMILES string of the molecule is CC(C)c1ccc(C=CC23NC(=O)CCN2c2ccccc2C3(C)C)cc1. The van der Waals surface area contributed by atoms with Crippen LogP contribution in [-0.2, 0) is 10.2 Å². The fraction of sp³-hybridized carbons (Fsp3) is 0.375. The molecular formula is C24H28N2O. The number of para-hydroxylation sites is 1. The maximum atomic E-state index is 12.4. The third-order valence-electron chi connectivity index (χ3n) is 6.26. The number of carbonyl (C=O) groups excluding carboxylic acids is 1. The molecule has 0 aromatic heterocycles. The zero-order valence-corrected chi connectivity index (χ0v) is 16.6. The lowest BCUT2D eigenvalue weighted by Gasteiger charge is -2.49. The van der Waals surface area contributed by atoms with Gasteiger partial charge in [0.25, 0.3) is 0 Å². The van der Waals surface area contributed by atoms with Crippen molar-refractivity contribution in [1.82, 2.24) is 5.32 Å². The summed E-state index contributed by atoms with van der Waals surface area (Å²) in [4.78, 5) is 14.8. The van der Waals surface area contributed by atoms with E-state index in [0.717, 1.165) is 12.1 Å². The Hall–Kier alpha value is -2.55. The molecule has 140 valence electrons. The van der Waals surface area contributed by atoms with Gasteiger partial charge in [-0.25, -0.2) is 0 Å². The average Bonchev–Trinajstić information content (AvgIpc) is 2.85. The van der Waals surface area contributed by atoms with Crippen LogP contribution in [0.3, 0.4) is 0 Å². The summed E-state index contributed by atoms with van der Waals surface area (Å²) in [5.41, 5.74) is 4.23. The standard InChI is InChI=1S/C24H28N2O/c1-17(2)19-11-9-18(10-12-19)13-15-24-23(3,4)20-7-5-6-8-21(20)26(24)16-14-22(27)25-24/h5-13,15,17H,14,16H2,1-4H3,(H,25,27). The van der Waals surface area contributed by atoms with Gasteiger partial charge in [0.15, 0.2) is 0 Å². The highest BCUT2D eigenvalue weighted by Gasteiger charge is 2.57. The highest BCUT2D eigenvalue weighted by molar-refractivity contribution is 5.84. The number of hydrogen-bond donors (Lipinski definition) is 1. The predicted molar refractivity (Wildman–Crippen MR) is 112 cm³/mol. The Bertz CT molecular complexity index is 895. The van der Waals surface area contributed by atoms with Crippen molar-refractivity contribution >= 4 is 17.7 Å². The lowest BCUT2D eigenvalue weighted by Crippen LogP contribution is -2.68. The van der Waals surface area contributed by atoms with Crippen molar-refractivity contribution in [1.29, 1.82) is 0 Å². The summed E-state index contributed by atoms with van der Waals surface area (Å²) in [6, 6.07) is 17.2. The summed E-state index contributed by atoms with van der Waals surface area (Å²) in [6.45, 7) is 9.60. The first-order valence-electron chi connectivity index (χ1n) is 9.82. The van der Waals surface area contributed by atoms with Crippen molar-refractivity contribution in [2.45, 2.75) is 51.1 Å². The van der Waals surface area contributed by atoms with Gasteiger partial charge in [-0.05, 0) is 34.8 Å². The summed E-state index contributed by atoms with van der Waals surface area (Å²) < 4.78 is 0. The van der Waals surface area contributed by atoms with Crippen LogP contribution in [0.5, 0.6) is 0 Å². The molecule has 0 spiro atoms. The first-order chi connectivity index (χ1) is 12.8. The third-order valence-corrected chi connectivity index (χ3v) is 6.26. The molecule has 3 heteroatoms. The second-order valence-electron chi connectivity index (χ2n) is 8.51. The van der Waals surface area contributed by atoms with Gasteiger partial charge in [0, 0.05) is 24.1 Å². The quantitative estimate of drug-likeness (QED) is 0.850. The number of benzene rings is 2. The number of anilines is 1. The van der Waals surface area contributed by atoms with Crippen LogP contribution in [0, 0.1) is 0 Å². The fourth-order valence-corrected chi connectivity index (χ4v) is 4.53. The van der Waals surface area contributed by atoms with Gasteiger partial charge < -0.3 is 10.2 Å². The van der Waals surface area contributed by atoms with Crippen LogP contribution in [0.4, 0.5) is 5.69 Å². The van der Waals surface area contributed by atoms with Gasteiger partial charge in [-0.3, -0.25) is 4.79 Å². The maximum Gasteiger partial charge on any atom is 0.223 e. The molecule has 4 rings (SSSR count). The van der Waals surface area contributed by atoms with Crippen LogP contribution in [-0.4, -0.2) is 18.1 Å². The zero-order chi connectivity index (χ0) is 19.2. The number of hydrogen-bond acceptors (Lipinski definition) is 2. The monoisotopic (exact) mass is 360 g/mol. The largest absolute Gasteiger partial charge is 0.344 e. The fourth-order valence-electron chi connectivity index (χ4n) is 4.53. The van der Waals surface area contributed by atoms with E-state index in [1.165, 1.54) is 16.8 Å². The Labute approximate surface area is 162 Å². The molecule has 2 heterocycles. The van der Waals surface area contributed by atoms with Crippen molar-refractivity contribution in [3.05, 3.63) is 71.3 Å². The second-order valence-corrected chi connectivity index (χ2v) is 8.51. The average molecular weight is 361 g/mol. The van der Waals surface area contributed by atoms with Gasteiger partial charge in [-0.15, -0.1) is 0 Å². The van der Waals surface area contributed by atoms with Gasteiger partial charge in [0.05, 0.1) is 0 Å². The Morgan fingerprint density at radius 3 is 2.48 bits per heavy atom. The Morgan fingerprint density at radius 2 is 1.78 bits per heavy atom. The summed E-state index contributed by atoms with van der Waals surface area (Å²) in [5.74, 6) is 0.643. The Kier molecular flexibility index (Phi) is 4.14. The minimum absolute atomic E-state index is 0.118. The summed E-state index contributed by atoms with van der Waals surface area (Å²) in [7, 11) is 0. The highest BCUT2D eigenvalue weighted by atomic mass is 16.2. The van der Waals surface area contributed by atoms with Crippen molar-refractivity contribution in [3.63, 3.8) is 0 Å². The van der Waals surface area contributed by atoms with Gasteiger partial charge >= 0.3 is 0 Å². The molecule has 1 fully saturated rings. The smallest absolute Gasteiger partial charge is 0.223 e. The second kappa shape index (κ2) is 6.26. The van der Waals surface area contributed by atoms with E-state index in [-0.39, 0.29) is 11.3 Å². The molecule has 2 aliphatic rings. The highest BCUT2D eigenvalue weighted by Crippen LogP contribution is 2.52. The molecular weight excluding hydrogens is 332 g/mol. The van der Waals surface area contributed by atoms with Crippen LogP contribution in [0.2, 0.25) is 0 Å². The van der Waals surface area contributed by atoms with Gasteiger partial charge in [0.2, 0.25) is 5.91 Å². The molecule has 1 saturated heterocycles. The van der Waals surface area contributed by atoms with Gasteiger partial charge in [-0.1, -0.05) is 76.2 Å². The number of amides is 1. The molecule has 1 unspecified atom stereocenters. The lowest BCUT2D eigenvalue weighted by molar-refractivity contribution is -0.124. The molecule has 1 amide bonds. The van der Waals surface area contributed by atoms with E-state index in [1.54, 1.807) is 0 Å². The molecule has 0 aliphatic carbocycles. The summed E-state index contributed by atoms with van der Waals surface area (Å²) in [6.07, 6.45) is 4.87. The number of nitrogens with one attached hydrogen (secondary N) is 1. The molecule has 0 bridgehead atoms. The number of carbonyl (C=O) groups is 1. The molecule has 3 nitrogen and oxygen atoms in total. The summed E-state index contributed by atoms with van der Waals surface area (Å²) in [5, 5.41) is 3.33. The minimum atomic E-state index is -0.539. The summed E-state index contributed by atoms with van der Waals surface area (Å²) >= 11 is 0. The van der Waals surface area contributed by atoms with E-state index in [1.807, 2.05) is 0 Å². The van der Waals surface area contributed by atoms with E-state index < -0.39 is 5.66 Å². The first-order valence-corrected chi connectivity index (χ1v) is 9.82. The lowest BCUT2D eigenvalue weighted by atomic mass is 9.74. The van der Waals surface area contributed by atoms with Crippen molar-refractivity contribution in [2.24, 2.45) is 0 Å². The normalized spacial score (nSPS) is 23.4. The predicted octanol–water partition coefficient (Wildman–Crippen LogP) is 4.84. The van der Waals surface area contributed by atoms with E-state index in [0.29, 0.717) is 12.3 Å². The van der Waals surface area contributed by atoms with E-state index in [4.69, 9.17) is 0 Å². The minimum Gasteiger partial charge on any atom is -0.344 e. The zero-order valence-electron chi connectivity index (χ0n) is 16.6. The number of nitrogens with zero attached hydrogens (tertiary/aromatic N) is 1. The molecule has 1 N–H and O–H groups in total. The van der Waals surface area contributed by atoms with Crippen molar-refractivity contribution < 1.29 is 4.79 Å². The topological polar surface area (TPSA) is 32.3 Å². The molecule has 27 heavy (non-hydrogen) atoms. The maximum absolute atomic E-state index is 12.4. The molecule has 0 saturated carbocycles. The molecule has 1 atom stereocenters. The Balaban J connectivity index is 1.77. The van der Waals surface area contributed by atoms with Crippen LogP contribution < -0.4 is 10.2 Å². The van der Waals surface area contributed by atoms with Gasteiger partial charge in [0.1, 0.15) is 5.66 Å². The molecule has 2 aromatic carbocycles. The van der Waals surface area contributed by atoms with Crippen LogP contribution >= 0.6 is 0 Å². The van der Waals surface area contributed by atoms with Crippen LogP contribution in [0.25, 0.3) is 6.08 Å². The van der Waals surface area contributed by atoms with E-state index >= 15 is 0 Å². The van der Waals surface area contributed by atoms with E-state index in [2.05, 4.69) is 98.6 Å². The van der Waals surface area contributed by atoms with Crippen molar-refractivity contribution in [3.8, 4) is 0 Å². The van der Waals surface area contributed by atoms with Crippen molar-refractivity contribution in [2.75, 3.05) is 11.4 Å². The Morgan fingerprint density at radius 1 is 1.07 bits per heavy atom. The molecule has 2 aromatic rings. The third kappa shape index (κ3) is 2.68. The van der Waals surface area contributed by atoms with Crippen LogP contribution in [0.15, 0.2) is 54.6 Å². The van der Waals surface area contributed by atoms with E-state index in [9.17, 15) is 4.79 Å². The number of fused-ring (bicyclic) bond motifs is 3. The molecule has 0 radical (unpaired) electrons. The first kappa shape index (κ1) is 17.8.